The Labute approximate surface area is 54.6 Å². The molecule has 9 heavy (non-hydrogen) atoms. The van der Waals surface area contributed by atoms with Gasteiger partial charge in [-0.05, 0) is 13.8 Å². The van der Waals surface area contributed by atoms with Gasteiger partial charge in [0.2, 0.25) is 0 Å². The first-order chi connectivity index (χ1) is 4.01. The molecule has 1 unspecified atom stereocenters. The molecule has 1 aliphatic rings. The molecule has 1 saturated heterocycles. The van der Waals surface area contributed by atoms with Crippen molar-refractivity contribution in [3.8, 4) is 0 Å². The van der Waals surface area contributed by atoms with Gasteiger partial charge in [0.1, 0.15) is 0 Å². The van der Waals surface area contributed by atoms with Crippen molar-refractivity contribution >= 4 is 0 Å². The van der Waals surface area contributed by atoms with Gasteiger partial charge in [-0.25, -0.2) is 0 Å². The Hall–Kier alpha value is -0.120. The van der Waals surface area contributed by atoms with Gasteiger partial charge < -0.3 is 14.6 Å². The van der Waals surface area contributed by atoms with Gasteiger partial charge >= 0.3 is 0 Å². The Balaban J connectivity index is 2.54. The largest absolute Gasteiger partial charge is 0.344 e. The maximum atomic E-state index is 9.09. The molecule has 3 nitrogen and oxygen atoms in total. The van der Waals surface area contributed by atoms with Crippen molar-refractivity contribution in [2.45, 2.75) is 39.0 Å². The van der Waals surface area contributed by atoms with Crippen LogP contribution in [0.15, 0.2) is 0 Å². The van der Waals surface area contributed by atoms with Crippen LogP contribution in [0, 0.1) is 0 Å². The summed E-state index contributed by atoms with van der Waals surface area (Å²) >= 11 is 0. The van der Waals surface area contributed by atoms with Gasteiger partial charge in [-0.15, -0.1) is 0 Å². The van der Waals surface area contributed by atoms with Crippen LogP contribution in [0.3, 0.4) is 0 Å². The van der Waals surface area contributed by atoms with Crippen molar-refractivity contribution in [3.63, 3.8) is 0 Å². The van der Waals surface area contributed by atoms with E-state index in [0.717, 1.165) is 0 Å². The fraction of sp³-hybridized carbons (Fsp3) is 1.00. The highest BCUT2D eigenvalue weighted by atomic mass is 16.9. The van der Waals surface area contributed by atoms with E-state index in [-0.39, 0.29) is 12.2 Å². The molecule has 0 aromatic heterocycles. The van der Waals surface area contributed by atoms with E-state index in [9.17, 15) is 0 Å². The van der Waals surface area contributed by atoms with Crippen molar-refractivity contribution < 1.29 is 14.6 Å². The minimum Gasteiger partial charge on any atom is -0.344 e. The Bertz CT molecular complexity index is 98.9. The minimum atomic E-state index is -1.36. The fourth-order valence-electron chi connectivity index (χ4n) is 0.909. The Morgan fingerprint density at radius 2 is 1.56 bits per heavy atom. The molecule has 1 fully saturated rings. The number of hydrogen-bond acceptors (Lipinski definition) is 3. The highest BCUT2D eigenvalue weighted by molar-refractivity contribution is 4.69. The maximum absolute atomic E-state index is 9.09. The Morgan fingerprint density at radius 3 is 1.67 bits per heavy atom. The van der Waals surface area contributed by atoms with Gasteiger partial charge in [0.05, 0.1) is 12.2 Å². The van der Waals surface area contributed by atoms with Crippen LogP contribution in [0.2, 0.25) is 0 Å². The lowest BCUT2D eigenvalue weighted by Gasteiger charge is -2.13. The van der Waals surface area contributed by atoms with Crippen LogP contribution in [0.1, 0.15) is 20.8 Å². The van der Waals surface area contributed by atoms with E-state index in [4.69, 9.17) is 14.6 Å². The molecular weight excluding hydrogens is 120 g/mol. The summed E-state index contributed by atoms with van der Waals surface area (Å²) in [5.41, 5.74) is 0. The Morgan fingerprint density at radius 1 is 1.22 bits per heavy atom. The van der Waals surface area contributed by atoms with E-state index in [1.807, 2.05) is 13.8 Å². The molecule has 0 radical (unpaired) electrons. The van der Waals surface area contributed by atoms with Crippen molar-refractivity contribution in [2.24, 2.45) is 0 Å². The third-order valence-corrected chi connectivity index (χ3v) is 1.47. The number of aliphatic hydroxyl groups is 1. The van der Waals surface area contributed by atoms with Crippen LogP contribution in [0.25, 0.3) is 0 Å². The van der Waals surface area contributed by atoms with E-state index < -0.39 is 5.97 Å². The van der Waals surface area contributed by atoms with Crippen LogP contribution in [0.5, 0.6) is 0 Å². The molecule has 1 N–H and O–H groups in total. The van der Waals surface area contributed by atoms with Crippen molar-refractivity contribution in [3.05, 3.63) is 0 Å². The molecule has 0 aliphatic carbocycles. The Kier molecular flexibility index (Phi) is 1.50. The summed E-state index contributed by atoms with van der Waals surface area (Å²) in [6, 6.07) is 0. The fourth-order valence-corrected chi connectivity index (χ4v) is 0.909. The molecule has 3 atom stereocenters. The number of rotatable bonds is 0. The van der Waals surface area contributed by atoms with Crippen LogP contribution < -0.4 is 0 Å². The molecule has 0 bridgehead atoms. The molecule has 0 aromatic rings. The summed E-state index contributed by atoms with van der Waals surface area (Å²) in [6.07, 6.45) is -0.0278. The summed E-state index contributed by atoms with van der Waals surface area (Å²) in [4.78, 5) is 0. The van der Waals surface area contributed by atoms with Gasteiger partial charge in [0.25, 0.3) is 5.97 Å². The highest BCUT2D eigenvalue weighted by Gasteiger charge is 2.37. The van der Waals surface area contributed by atoms with E-state index in [1.165, 1.54) is 6.92 Å². The number of hydrogen-bond donors (Lipinski definition) is 1. The minimum absolute atomic E-state index is 0.0139. The second-order valence-corrected chi connectivity index (χ2v) is 2.54. The lowest BCUT2D eigenvalue weighted by molar-refractivity contribution is -0.302. The lowest BCUT2D eigenvalue weighted by atomic mass is 10.3. The molecule has 0 amide bonds. The summed E-state index contributed by atoms with van der Waals surface area (Å²) in [5, 5.41) is 9.09. The normalized spacial score (nSPS) is 52.0. The van der Waals surface area contributed by atoms with E-state index in [0.29, 0.717) is 0 Å². The molecule has 3 heteroatoms. The van der Waals surface area contributed by atoms with Crippen molar-refractivity contribution in [1.82, 2.24) is 0 Å². The molecular formula is C6H12O3. The van der Waals surface area contributed by atoms with Crippen LogP contribution in [-0.2, 0) is 9.47 Å². The average Bonchev–Trinajstić information content (AvgIpc) is 1.79. The summed E-state index contributed by atoms with van der Waals surface area (Å²) < 4.78 is 9.99. The quantitative estimate of drug-likeness (QED) is 0.521. The van der Waals surface area contributed by atoms with E-state index in [2.05, 4.69) is 0 Å². The highest BCUT2D eigenvalue weighted by Crippen LogP contribution is 2.24. The van der Waals surface area contributed by atoms with Crippen molar-refractivity contribution in [1.29, 1.82) is 0 Å². The SMILES string of the molecule is C[C@@H]1OC(C)(O)O[C@@H]1C. The second kappa shape index (κ2) is 1.94. The summed E-state index contributed by atoms with van der Waals surface area (Å²) in [6.45, 7) is 5.23. The maximum Gasteiger partial charge on any atom is 0.278 e. The van der Waals surface area contributed by atoms with Gasteiger partial charge in [0, 0.05) is 6.92 Å². The number of ether oxygens (including phenoxy) is 2. The second-order valence-electron chi connectivity index (χ2n) is 2.54. The van der Waals surface area contributed by atoms with Crippen LogP contribution >= 0.6 is 0 Å². The summed E-state index contributed by atoms with van der Waals surface area (Å²) in [7, 11) is 0. The third kappa shape index (κ3) is 1.41. The van der Waals surface area contributed by atoms with Gasteiger partial charge in [0.15, 0.2) is 0 Å². The molecule has 54 valence electrons. The first-order valence-electron chi connectivity index (χ1n) is 3.09. The van der Waals surface area contributed by atoms with Crippen molar-refractivity contribution in [2.75, 3.05) is 0 Å². The van der Waals surface area contributed by atoms with E-state index in [1.54, 1.807) is 0 Å². The summed E-state index contributed by atoms with van der Waals surface area (Å²) in [5.74, 6) is -1.36. The molecule has 1 aliphatic heterocycles. The predicted octanol–water partition coefficient (Wildman–Crippen LogP) is 0.476. The predicted molar refractivity (Wildman–Crippen MR) is 31.7 cm³/mol. The molecule has 0 spiro atoms. The smallest absolute Gasteiger partial charge is 0.278 e. The molecule has 0 aromatic carbocycles. The average molecular weight is 132 g/mol. The first kappa shape index (κ1) is 6.99. The van der Waals surface area contributed by atoms with Gasteiger partial charge in [-0.1, -0.05) is 0 Å². The standard InChI is InChI=1S/C6H12O3/c1-4-5(2)9-6(3,7)8-4/h4-5,7H,1-3H3/t4-,5+,6?. The topological polar surface area (TPSA) is 38.7 Å². The lowest BCUT2D eigenvalue weighted by Crippen LogP contribution is -2.25. The zero-order valence-electron chi connectivity index (χ0n) is 5.92. The van der Waals surface area contributed by atoms with E-state index >= 15 is 0 Å². The zero-order valence-corrected chi connectivity index (χ0v) is 5.92. The van der Waals surface area contributed by atoms with Gasteiger partial charge in [-0.3, -0.25) is 0 Å². The molecule has 1 rings (SSSR count). The monoisotopic (exact) mass is 132 g/mol. The molecule has 1 heterocycles. The zero-order chi connectivity index (χ0) is 7.07. The third-order valence-electron chi connectivity index (χ3n) is 1.47. The van der Waals surface area contributed by atoms with Crippen LogP contribution in [0.4, 0.5) is 0 Å². The molecule has 0 saturated carbocycles. The van der Waals surface area contributed by atoms with Gasteiger partial charge in [-0.2, -0.15) is 0 Å². The van der Waals surface area contributed by atoms with Crippen LogP contribution in [-0.4, -0.2) is 23.3 Å². The first-order valence-corrected chi connectivity index (χ1v) is 3.09.